The Morgan fingerprint density at radius 3 is 2.48 bits per heavy atom. The quantitative estimate of drug-likeness (QED) is 0.837. The number of methoxy groups -OCH3 is 1. The average Bonchev–Trinajstić information content (AvgIpc) is 2.38. The van der Waals surface area contributed by atoms with Crippen LogP contribution in [0.1, 0.15) is 19.4 Å². The molecule has 0 N–H and O–H groups in total. The molecule has 0 aliphatic carbocycles. The van der Waals surface area contributed by atoms with E-state index in [-0.39, 0.29) is 18.0 Å². The highest BCUT2D eigenvalue weighted by Gasteiger charge is 2.22. The average molecular weight is 301 g/mol. The summed E-state index contributed by atoms with van der Waals surface area (Å²) in [5.74, 6) is 0.377. The van der Waals surface area contributed by atoms with Gasteiger partial charge in [0.05, 0.1) is 19.3 Å². The van der Waals surface area contributed by atoms with Crippen molar-refractivity contribution in [2.75, 3.05) is 20.2 Å². The number of alkyl halides is 2. The van der Waals surface area contributed by atoms with E-state index in [4.69, 9.17) is 9.47 Å². The lowest BCUT2D eigenvalue weighted by Gasteiger charge is -2.35. The fourth-order valence-corrected chi connectivity index (χ4v) is 2.68. The van der Waals surface area contributed by atoms with E-state index < -0.39 is 6.61 Å². The molecule has 4 nitrogen and oxygen atoms in total. The predicted molar refractivity (Wildman–Crippen MR) is 74.9 cm³/mol. The molecule has 2 atom stereocenters. The van der Waals surface area contributed by atoms with Gasteiger partial charge in [0.25, 0.3) is 0 Å². The van der Waals surface area contributed by atoms with Gasteiger partial charge < -0.3 is 14.2 Å². The lowest BCUT2D eigenvalue weighted by Crippen LogP contribution is -2.44. The number of hydrogen-bond acceptors (Lipinski definition) is 4. The monoisotopic (exact) mass is 301 g/mol. The number of morpholine rings is 1. The third-order valence-electron chi connectivity index (χ3n) is 3.35. The van der Waals surface area contributed by atoms with Crippen LogP contribution in [-0.4, -0.2) is 43.9 Å². The Morgan fingerprint density at radius 2 is 1.90 bits per heavy atom. The Kier molecular flexibility index (Phi) is 5.36. The van der Waals surface area contributed by atoms with E-state index in [2.05, 4.69) is 9.64 Å². The van der Waals surface area contributed by atoms with Gasteiger partial charge in [0.1, 0.15) is 0 Å². The van der Waals surface area contributed by atoms with Crippen LogP contribution in [0, 0.1) is 0 Å². The van der Waals surface area contributed by atoms with Crippen molar-refractivity contribution in [1.82, 2.24) is 4.90 Å². The zero-order chi connectivity index (χ0) is 15.4. The summed E-state index contributed by atoms with van der Waals surface area (Å²) < 4.78 is 39.8. The van der Waals surface area contributed by atoms with Gasteiger partial charge in [-0.1, -0.05) is 6.07 Å². The third kappa shape index (κ3) is 4.54. The highest BCUT2D eigenvalue weighted by atomic mass is 19.3. The van der Waals surface area contributed by atoms with Crippen LogP contribution in [-0.2, 0) is 11.3 Å². The molecule has 0 aromatic heterocycles. The molecule has 1 aliphatic heterocycles. The smallest absolute Gasteiger partial charge is 0.387 e. The van der Waals surface area contributed by atoms with Crippen molar-refractivity contribution < 1.29 is 23.0 Å². The zero-order valence-corrected chi connectivity index (χ0v) is 12.5. The Balaban J connectivity index is 2.06. The van der Waals surface area contributed by atoms with Gasteiger partial charge in [0.2, 0.25) is 0 Å². The molecule has 2 rings (SSSR count). The van der Waals surface area contributed by atoms with Crippen molar-refractivity contribution in [3.05, 3.63) is 23.8 Å². The second kappa shape index (κ2) is 7.04. The van der Waals surface area contributed by atoms with Crippen LogP contribution in [0.3, 0.4) is 0 Å². The molecule has 0 radical (unpaired) electrons. The van der Waals surface area contributed by atoms with Crippen LogP contribution in [0.2, 0.25) is 0 Å². The second-order valence-corrected chi connectivity index (χ2v) is 5.32. The highest BCUT2D eigenvalue weighted by Crippen LogP contribution is 2.30. The molecule has 1 aliphatic rings. The predicted octanol–water partition coefficient (Wildman–Crippen LogP) is 2.91. The first-order valence-corrected chi connectivity index (χ1v) is 6.97. The van der Waals surface area contributed by atoms with E-state index in [1.54, 1.807) is 12.1 Å². The Bertz CT molecular complexity index is 460. The van der Waals surface area contributed by atoms with E-state index in [9.17, 15) is 8.78 Å². The van der Waals surface area contributed by atoms with Gasteiger partial charge in [-0.15, -0.1) is 0 Å². The van der Waals surface area contributed by atoms with Gasteiger partial charge >= 0.3 is 6.61 Å². The SMILES string of the molecule is COc1cc(CN2C[C@@H](C)O[C@H](C)C2)ccc1OC(F)F. The molecule has 0 amide bonds. The van der Waals surface area contributed by atoms with Gasteiger partial charge in [-0.05, 0) is 31.5 Å². The topological polar surface area (TPSA) is 30.9 Å². The first-order valence-electron chi connectivity index (χ1n) is 6.97. The normalized spacial score (nSPS) is 23.3. The molecule has 0 saturated carbocycles. The molecule has 0 spiro atoms. The largest absolute Gasteiger partial charge is 0.493 e. The molecule has 1 saturated heterocycles. The van der Waals surface area contributed by atoms with Gasteiger partial charge in [-0.25, -0.2) is 0 Å². The summed E-state index contributed by atoms with van der Waals surface area (Å²) in [7, 11) is 1.44. The van der Waals surface area contributed by atoms with Crippen molar-refractivity contribution in [2.45, 2.75) is 39.2 Å². The zero-order valence-electron chi connectivity index (χ0n) is 12.5. The molecule has 1 heterocycles. The lowest BCUT2D eigenvalue weighted by molar-refractivity contribution is -0.0705. The molecule has 0 unspecified atom stereocenters. The van der Waals surface area contributed by atoms with E-state index in [1.807, 2.05) is 13.8 Å². The van der Waals surface area contributed by atoms with Crippen molar-refractivity contribution >= 4 is 0 Å². The lowest BCUT2D eigenvalue weighted by atomic mass is 10.1. The van der Waals surface area contributed by atoms with Gasteiger partial charge in [0, 0.05) is 19.6 Å². The Labute approximate surface area is 123 Å². The minimum atomic E-state index is -2.86. The fraction of sp³-hybridized carbons (Fsp3) is 0.600. The summed E-state index contributed by atoms with van der Waals surface area (Å²) in [4.78, 5) is 2.28. The number of ether oxygens (including phenoxy) is 3. The molecular weight excluding hydrogens is 280 g/mol. The van der Waals surface area contributed by atoms with Crippen LogP contribution < -0.4 is 9.47 Å². The minimum Gasteiger partial charge on any atom is -0.493 e. The standard InChI is InChI=1S/C15H21F2NO3/c1-10-7-18(8-11(2)20-10)9-12-4-5-13(21-15(16)17)14(6-12)19-3/h4-6,10-11,15H,7-9H2,1-3H3/t10-,11-/m1/s1. The number of hydrogen-bond donors (Lipinski definition) is 0. The number of rotatable bonds is 5. The summed E-state index contributed by atoms with van der Waals surface area (Å²) in [6, 6.07) is 5.04. The van der Waals surface area contributed by atoms with Crippen molar-refractivity contribution in [3.8, 4) is 11.5 Å². The summed E-state index contributed by atoms with van der Waals surface area (Å²) in [6.07, 6.45) is 0.383. The van der Waals surface area contributed by atoms with Gasteiger partial charge in [0.15, 0.2) is 11.5 Å². The number of nitrogens with zero attached hydrogens (tertiary/aromatic N) is 1. The van der Waals surface area contributed by atoms with Crippen molar-refractivity contribution in [2.24, 2.45) is 0 Å². The highest BCUT2D eigenvalue weighted by molar-refractivity contribution is 5.43. The molecule has 6 heteroatoms. The van der Waals surface area contributed by atoms with Crippen LogP contribution >= 0.6 is 0 Å². The molecule has 1 aromatic rings. The molecule has 1 aromatic carbocycles. The van der Waals surface area contributed by atoms with Gasteiger partial charge in [-0.3, -0.25) is 4.90 Å². The van der Waals surface area contributed by atoms with Gasteiger partial charge in [-0.2, -0.15) is 8.78 Å². The maximum Gasteiger partial charge on any atom is 0.387 e. The fourth-order valence-electron chi connectivity index (χ4n) is 2.68. The summed E-state index contributed by atoms with van der Waals surface area (Å²) in [6.45, 7) is 3.66. The van der Waals surface area contributed by atoms with E-state index in [1.165, 1.54) is 13.2 Å². The first-order chi connectivity index (χ1) is 9.97. The van der Waals surface area contributed by atoms with Crippen molar-refractivity contribution in [3.63, 3.8) is 0 Å². The number of benzene rings is 1. The maximum atomic E-state index is 12.3. The first kappa shape index (κ1) is 16.0. The summed E-state index contributed by atoms with van der Waals surface area (Å²) in [5.41, 5.74) is 0.995. The van der Waals surface area contributed by atoms with Crippen LogP contribution in [0.5, 0.6) is 11.5 Å². The molecule has 0 bridgehead atoms. The van der Waals surface area contributed by atoms with Crippen LogP contribution in [0.15, 0.2) is 18.2 Å². The Morgan fingerprint density at radius 1 is 1.24 bits per heavy atom. The van der Waals surface area contributed by atoms with Crippen LogP contribution in [0.25, 0.3) is 0 Å². The third-order valence-corrected chi connectivity index (χ3v) is 3.35. The molecule has 21 heavy (non-hydrogen) atoms. The Hall–Kier alpha value is -1.40. The second-order valence-electron chi connectivity index (χ2n) is 5.32. The molecule has 1 fully saturated rings. The maximum absolute atomic E-state index is 12.3. The van der Waals surface area contributed by atoms with E-state index >= 15 is 0 Å². The summed E-state index contributed by atoms with van der Waals surface area (Å²) >= 11 is 0. The number of halogens is 2. The van der Waals surface area contributed by atoms with Crippen LogP contribution in [0.4, 0.5) is 8.78 Å². The molecule has 118 valence electrons. The summed E-state index contributed by atoms with van der Waals surface area (Å²) in [5, 5.41) is 0. The van der Waals surface area contributed by atoms with Crippen molar-refractivity contribution in [1.29, 1.82) is 0 Å². The minimum absolute atomic E-state index is 0.0555. The molecular formula is C15H21F2NO3. The van der Waals surface area contributed by atoms with E-state index in [0.717, 1.165) is 25.2 Å². The van der Waals surface area contributed by atoms with E-state index in [0.29, 0.717) is 5.75 Å².